The van der Waals surface area contributed by atoms with E-state index >= 15 is 0 Å². The first-order valence-corrected chi connectivity index (χ1v) is 13.2. The Hall–Kier alpha value is -5.24. The summed E-state index contributed by atoms with van der Waals surface area (Å²) < 4.78 is 11.7. The van der Waals surface area contributed by atoms with Gasteiger partial charge in [0.1, 0.15) is 17.6 Å². The lowest BCUT2D eigenvalue weighted by atomic mass is 10.00. The summed E-state index contributed by atoms with van der Waals surface area (Å²) in [6.45, 7) is 2.29. The molecule has 2 heterocycles. The van der Waals surface area contributed by atoms with E-state index in [2.05, 4.69) is 15.3 Å². The molecule has 0 radical (unpaired) electrons. The van der Waals surface area contributed by atoms with Gasteiger partial charge in [0.25, 0.3) is 0 Å². The molecule has 41 heavy (non-hydrogen) atoms. The zero-order chi connectivity index (χ0) is 28.6. The second-order valence-corrected chi connectivity index (χ2v) is 9.48. The van der Waals surface area contributed by atoms with Crippen molar-refractivity contribution in [3.8, 4) is 17.2 Å². The van der Waals surface area contributed by atoms with Crippen molar-refractivity contribution in [2.45, 2.75) is 25.8 Å². The summed E-state index contributed by atoms with van der Waals surface area (Å²) in [5.41, 5.74) is 3.95. The third-order valence-corrected chi connectivity index (χ3v) is 6.63. The number of oxazole rings is 1. The highest BCUT2D eigenvalue weighted by Gasteiger charge is 2.21. The minimum absolute atomic E-state index is 0.172. The lowest BCUT2D eigenvalue weighted by Gasteiger charge is -2.18. The van der Waals surface area contributed by atoms with Crippen LogP contribution < -0.4 is 10.1 Å². The molecule has 8 heteroatoms. The number of ketones is 1. The molecule has 0 bridgehead atoms. The summed E-state index contributed by atoms with van der Waals surface area (Å²) in [6, 6.07) is 26.0. The Morgan fingerprint density at radius 3 is 2.37 bits per heavy atom. The minimum Gasteiger partial charge on any atom is -0.493 e. The number of aliphatic carboxylic acids is 1. The van der Waals surface area contributed by atoms with Gasteiger partial charge in [0.2, 0.25) is 5.89 Å². The number of ether oxygens (including phenoxy) is 1. The highest BCUT2D eigenvalue weighted by Crippen LogP contribution is 2.23. The van der Waals surface area contributed by atoms with Crippen LogP contribution in [0, 0.1) is 6.92 Å². The first-order valence-electron chi connectivity index (χ1n) is 13.2. The largest absolute Gasteiger partial charge is 0.493 e. The number of carbonyl (C=O) groups excluding carboxylic acids is 1. The summed E-state index contributed by atoms with van der Waals surface area (Å²) in [4.78, 5) is 33.8. The fourth-order valence-electron chi connectivity index (χ4n) is 4.44. The maximum absolute atomic E-state index is 13.1. The zero-order valence-corrected chi connectivity index (χ0v) is 22.5. The molecule has 0 fully saturated rings. The monoisotopic (exact) mass is 547 g/mol. The van der Waals surface area contributed by atoms with Crippen molar-refractivity contribution >= 4 is 17.4 Å². The molecular formula is C33H29N3O5. The fourth-order valence-corrected chi connectivity index (χ4v) is 4.44. The molecule has 3 aromatic carbocycles. The number of hydrogen-bond donors (Lipinski definition) is 2. The van der Waals surface area contributed by atoms with Gasteiger partial charge in [-0.2, -0.15) is 0 Å². The van der Waals surface area contributed by atoms with E-state index in [-0.39, 0.29) is 12.2 Å². The molecule has 0 saturated heterocycles. The third kappa shape index (κ3) is 6.86. The number of nitrogens with zero attached hydrogens (tertiary/aromatic N) is 2. The van der Waals surface area contributed by atoms with Gasteiger partial charge in [-0.3, -0.25) is 9.78 Å². The molecule has 0 spiro atoms. The van der Waals surface area contributed by atoms with E-state index < -0.39 is 12.0 Å². The maximum Gasteiger partial charge on any atom is 0.326 e. The quantitative estimate of drug-likeness (QED) is 0.183. The first kappa shape index (κ1) is 27.3. The minimum atomic E-state index is -1.01. The van der Waals surface area contributed by atoms with Crippen LogP contribution in [0.1, 0.15) is 32.9 Å². The van der Waals surface area contributed by atoms with Crippen molar-refractivity contribution in [2.75, 3.05) is 11.9 Å². The van der Waals surface area contributed by atoms with Crippen LogP contribution in [0.25, 0.3) is 11.5 Å². The number of benzene rings is 3. The number of hydrogen-bond acceptors (Lipinski definition) is 7. The van der Waals surface area contributed by atoms with Gasteiger partial charge < -0.3 is 19.6 Å². The van der Waals surface area contributed by atoms with Crippen LogP contribution in [0.3, 0.4) is 0 Å². The summed E-state index contributed by atoms with van der Waals surface area (Å²) in [5, 5.41) is 13.0. The smallest absolute Gasteiger partial charge is 0.326 e. The molecule has 0 aliphatic heterocycles. The summed E-state index contributed by atoms with van der Waals surface area (Å²) in [6.07, 6.45) is 4.19. The van der Waals surface area contributed by atoms with E-state index in [4.69, 9.17) is 9.15 Å². The van der Waals surface area contributed by atoms with Crippen LogP contribution in [-0.4, -0.2) is 39.5 Å². The van der Waals surface area contributed by atoms with Crippen LogP contribution in [0.5, 0.6) is 5.75 Å². The second kappa shape index (κ2) is 12.7. The fraction of sp³-hybridized carbons (Fsp3) is 0.152. The lowest BCUT2D eigenvalue weighted by molar-refractivity contribution is -0.137. The number of carboxylic acids is 1. The Morgan fingerprint density at radius 2 is 1.63 bits per heavy atom. The third-order valence-electron chi connectivity index (χ3n) is 6.63. The van der Waals surface area contributed by atoms with Crippen LogP contribution in [-0.2, 0) is 17.6 Å². The number of carboxylic acid groups (broad SMARTS) is 1. The van der Waals surface area contributed by atoms with Gasteiger partial charge in [-0.05, 0) is 48.9 Å². The van der Waals surface area contributed by atoms with Gasteiger partial charge in [0.05, 0.1) is 12.3 Å². The Balaban J connectivity index is 1.19. The molecule has 0 aliphatic rings. The number of aryl methyl sites for hydroxylation is 1. The standard InChI is InChI=1S/C33H29N3O5/c1-22-28(36-32(41-22)25-15-18-34-19-16-25)17-20-40-26-13-11-23(12-14-26)21-30(33(38)39)35-29-10-6-5-9-27(29)31(37)24-7-3-2-4-8-24/h2-16,18-19,30,35H,17,20-21H2,1H3,(H,38,39)/t30-/m0/s1. The number of carbonyl (C=O) groups is 2. The van der Waals surface area contributed by atoms with Gasteiger partial charge in [0, 0.05) is 47.6 Å². The number of aromatic nitrogens is 2. The molecule has 0 unspecified atom stereocenters. The molecule has 0 amide bonds. The van der Waals surface area contributed by atoms with Gasteiger partial charge in [-0.15, -0.1) is 0 Å². The molecule has 5 rings (SSSR count). The van der Waals surface area contributed by atoms with Crippen molar-refractivity contribution in [3.05, 3.63) is 132 Å². The Morgan fingerprint density at radius 1 is 0.927 bits per heavy atom. The van der Waals surface area contributed by atoms with E-state index in [0.717, 1.165) is 22.6 Å². The van der Waals surface area contributed by atoms with E-state index in [0.29, 0.717) is 41.5 Å². The summed E-state index contributed by atoms with van der Waals surface area (Å²) in [7, 11) is 0. The average Bonchev–Trinajstić information content (AvgIpc) is 3.38. The lowest BCUT2D eigenvalue weighted by Crippen LogP contribution is -2.32. The highest BCUT2D eigenvalue weighted by atomic mass is 16.5. The molecule has 0 saturated carbocycles. The molecule has 1 atom stereocenters. The Labute approximate surface area is 237 Å². The van der Waals surface area contributed by atoms with Gasteiger partial charge in [-0.25, -0.2) is 9.78 Å². The van der Waals surface area contributed by atoms with E-state index in [1.807, 2.05) is 49.4 Å². The van der Waals surface area contributed by atoms with E-state index in [9.17, 15) is 14.7 Å². The number of pyridine rings is 1. The van der Waals surface area contributed by atoms with Crippen LogP contribution in [0.4, 0.5) is 5.69 Å². The predicted octanol–water partition coefficient (Wildman–Crippen LogP) is 6.01. The van der Waals surface area contributed by atoms with Crippen molar-refractivity contribution < 1.29 is 23.8 Å². The second-order valence-electron chi connectivity index (χ2n) is 9.48. The van der Waals surface area contributed by atoms with Gasteiger partial charge in [0.15, 0.2) is 5.78 Å². The topological polar surface area (TPSA) is 115 Å². The van der Waals surface area contributed by atoms with Gasteiger partial charge in [-0.1, -0.05) is 54.6 Å². The molecule has 0 aliphatic carbocycles. The normalized spacial score (nSPS) is 11.5. The van der Waals surface area contributed by atoms with Crippen molar-refractivity contribution in [1.29, 1.82) is 0 Å². The Kier molecular flexibility index (Phi) is 8.49. The molecule has 206 valence electrons. The Bertz CT molecular complexity index is 1620. The summed E-state index contributed by atoms with van der Waals surface area (Å²) >= 11 is 0. The van der Waals surface area contributed by atoms with E-state index in [1.54, 1.807) is 60.9 Å². The van der Waals surface area contributed by atoms with Crippen LogP contribution in [0.2, 0.25) is 0 Å². The van der Waals surface area contributed by atoms with Crippen LogP contribution in [0.15, 0.2) is 108 Å². The highest BCUT2D eigenvalue weighted by molar-refractivity contribution is 6.12. The number of nitrogens with one attached hydrogen (secondary N) is 1. The number of anilines is 1. The number of rotatable bonds is 12. The SMILES string of the molecule is Cc1oc(-c2ccncc2)nc1CCOc1ccc(C[C@H](Nc2ccccc2C(=O)c2ccccc2)C(=O)O)cc1. The van der Waals surface area contributed by atoms with Crippen molar-refractivity contribution in [2.24, 2.45) is 0 Å². The first-order chi connectivity index (χ1) is 20.0. The average molecular weight is 548 g/mol. The van der Waals surface area contributed by atoms with Gasteiger partial charge >= 0.3 is 5.97 Å². The maximum atomic E-state index is 13.1. The molecule has 5 aromatic rings. The predicted molar refractivity (Wildman–Crippen MR) is 155 cm³/mol. The molecular weight excluding hydrogens is 518 g/mol. The molecule has 2 aromatic heterocycles. The summed E-state index contributed by atoms with van der Waals surface area (Å²) in [5.74, 6) is 0.783. The van der Waals surface area contributed by atoms with Crippen LogP contribution >= 0.6 is 0 Å². The molecule has 2 N–H and O–H groups in total. The number of para-hydroxylation sites is 1. The molecule has 8 nitrogen and oxygen atoms in total. The van der Waals surface area contributed by atoms with Crippen molar-refractivity contribution in [3.63, 3.8) is 0 Å². The van der Waals surface area contributed by atoms with E-state index in [1.165, 1.54) is 0 Å². The van der Waals surface area contributed by atoms with Crippen molar-refractivity contribution in [1.82, 2.24) is 9.97 Å². The zero-order valence-electron chi connectivity index (χ0n) is 22.5.